The van der Waals surface area contributed by atoms with Crippen LogP contribution in [0.25, 0.3) is 22.0 Å². The van der Waals surface area contributed by atoms with Gasteiger partial charge in [0.2, 0.25) is 0 Å². The fraction of sp³-hybridized carbons (Fsp3) is 0.367. The first kappa shape index (κ1) is 26.6. The molecule has 0 aliphatic carbocycles. The van der Waals surface area contributed by atoms with Crippen molar-refractivity contribution >= 4 is 16.8 Å². The van der Waals surface area contributed by atoms with Crippen LogP contribution < -0.4 is 15.5 Å². The number of hydrogen-bond donors (Lipinski definition) is 2. The minimum Gasteiger partial charge on any atom is -0.491 e. The van der Waals surface area contributed by atoms with Crippen LogP contribution in [-0.4, -0.2) is 54.2 Å². The topological polar surface area (TPSA) is 107 Å². The molecule has 0 radical (unpaired) electrons. The van der Waals surface area contributed by atoms with Crippen molar-refractivity contribution in [2.24, 2.45) is 0 Å². The molecule has 9 heteroatoms. The smallest absolute Gasteiger partial charge is 0.252 e. The number of amides is 1. The molecule has 0 bridgehead atoms. The Morgan fingerprint density at radius 2 is 1.87 bits per heavy atom. The maximum atomic E-state index is 13.6. The lowest BCUT2D eigenvalue weighted by atomic mass is 9.99. The minimum absolute atomic E-state index is 0.0944. The molecule has 1 aliphatic rings. The van der Waals surface area contributed by atoms with Gasteiger partial charge < -0.3 is 24.5 Å². The van der Waals surface area contributed by atoms with Gasteiger partial charge in [0.1, 0.15) is 12.4 Å². The fourth-order valence-corrected chi connectivity index (χ4v) is 5.07. The lowest BCUT2D eigenvalue weighted by molar-refractivity contribution is 0.0675. The van der Waals surface area contributed by atoms with Crippen LogP contribution in [0.1, 0.15) is 46.2 Å². The molecule has 1 saturated heterocycles. The zero-order chi connectivity index (χ0) is 27.4. The normalized spacial score (nSPS) is 14.0. The first-order chi connectivity index (χ1) is 18.9. The predicted molar refractivity (Wildman–Crippen MR) is 149 cm³/mol. The second kappa shape index (κ2) is 11.8. The molecule has 0 unspecified atom stereocenters. The van der Waals surface area contributed by atoms with Crippen molar-refractivity contribution in [3.63, 3.8) is 0 Å². The van der Waals surface area contributed by atoms with Crippen LogP contribution in [0, 0.1) is 13.8 Å². The van der Waals surface area contributed by atoms with Gasteiger partial charge in [-0.3, -0.25) is 14.3 Å². The van der Waals surface area contributed by atoms with Gasteiger partial charge in [-0.15, -0.1) is 0 Å². The van der Waals surface area contributed by atoms with Crippen LogP contribution in [0.3, 0.4) is 0 Å². The molecule has 3 heterocycles. The summed E-state index contributed by atoms with van der Waals surface area (Å²) in [5, 5.41) is 8.44. The van der Waals surface area contributed by atoms with E-state index in [0.29, 0.717) is 37.6 Å². The molecule has 1 aliphatic heterocycles. The van der Waals surface area contributed by atoms with Crippen molar-refractivity contribution in [3.05, 3.63) is 81.4 Å². The van der Waals surface area contributed by atoms with Gasteiger partial charge in [-0.2, -0.15) is 5.10 Å². The molecule has 204 valence electrons. The van der Waals surface area contributed by atoms with Crippen molar-refractivity contribution in [1.29, 1.82) is 0 Å². The van der Waals surface area contributed by atoms with Crippen LogP contribution in [0.2, 0.25) is 0 Å². The van der Waals surface area contributed by atoms with E-state index in [-0.39, 0.29) is 23.9 Å². The number of nitrogens with one attached hydrogen (secondary N) is 2. The number of ether oxygens (including phenoxy) is 3. The van der Waals surface area contributed by atoms with E-state index in [9.17, 15) is 9.59 Å². The molecule has 2 N–H and O–H groups in total. The van der Waals surface area contributed by atoms with Gasteiger partial charge in [0.15, 0.2) is 5.43 Å². The summed E-state index contributed by atoms with van der Waals surface area (Å²) in [6.45, 7) is 6.18. The fourth-order valence-electron chi connectivity index (χ4n) is 5.07. The number of rotatable bonds is 9. The number of aromatic amines is 1. The van der Waals surface area contributed by atoms with E-state index in [4.69, 9.17) is 19.3 Å². The summed E-state index contributed by atoms with van der Waals surface area (Å²) in [6, 6.07) is 13.5. The van der Waals surface area contributed by atoms with Crippen LogP contribution >= 0.6 is 0 Å². The zero-order valence-electron chi connectivity index (χ0n) is 22.6. The van der Waals surface area contributed by atoms with Gasteiger partial charge in [-0.25, -0.2) is 0 Å². The lowest BCUT2D eigenvalue weighted by Crippen LogP contribution is -2.27. The maximum Gasteiger partial charge on any atom is 0.252 e. The maximum absolute atomic E-state index is 13.6. The van der Waals surface area contributed by atoms with Crippen LogP contribution in [0.15, 0.2) is 53.5 Å². The summed E-state index contributed by atoms with van der Waals surface area (Å²) < 4.78 is 18.3. The van der Waals surface area contributed by atoms with Crippen molar-refractivity contribution in [2.75, 3.05) is 33.5 Å². The Morgan fingerprint density at radius 1 is 1.10 bits per heavy atom. The first-order valence-electron chi connectivity index (χ1n) is 13.2. The number of aromatic nitrogens is 3. The Labute approximate surface area is 227 Å². The molecule has 2 aromatic heterocycles. The second-order valence-corrected chi connectivity index (χ2v) is 9.86. The molecule has 1 fully saturated rings. The molecule has 9 nitrogen and oxygen atoms in total. The van der Waals surface area contributed by atoms with Crippen molar-refractivity contribution in [2.45, 2.75) is 39.3 Å². The SMILES string of the molecule is COCCOc1ccc(-c2cc(C(=O)NCc3c(C)[nH]c(C)cc3=O)c3cnn(C4CCOCC4)c3c2)cc1. The number of benzene rings is 2. The Morgan fingerprint density at radius 3 is 2.59 bits per heavy atom. The van der Waals surface area contributed by atoms with Gasteiger partial charge in [0.05, 0.1) is 29.9 Å². The largest absolute Gasteiger partial charge is 0.491 e. The van der Waals surface area contributed by atoms with Gasteiger partial charge in [0, 0.05) is 55.3 Å². The molecular formula is C30H34N4O5. The number of hydrogen-bond acceptors (Lipinski definition) is 6. The Kier molecular flexibility index (Phi) is 8.09. The Balaban J connectivity index is 1.50. The van der Waals surface area contributed by atoms with E-state index in [1.807, 2.05) is 48.9 Å². The van der Waals surface area contributed by atoms with E-state index >= 15 is 0 Å². The summed E-state index contributed by atoms with van der Waals surface area (Å²) in [6.07, 6.45) is 3.50. The third kappa shape index (κ3) is 5.89. The highest BCUT2D eigenvalue weighted by atomic mass is 16.5. The molecule has 0 saturated carbocycles. The van der Waals surface area contributed by atoms with Gasteiger partial charge >= 0.3 is 0 Å². The number of methoxy groups -OCH3 is 1. The number of fused-ring (bicyclic) bond motifs is 1. The van der Waals surface area contributed by atoms with Crippen LogP contribution in [-0.2, 0) is 16.0 Å². The number of pyridine rings is 1. The molecule has 0 spiro atoms. The zero-order valence-corrected chi connectivity index (χ0v) is 22.6. The monoisotopic (exact) mass is 530 g/mol. The molecule has 0 atom stereocenters. The molecule has 4 aromatic rings. The van der Waals surface area contributed by atoms with E-state index in [2.05, 4.69) is 16.4 Å². The molecule has 1 amide bonds. The summed E-state index contributed by atoms with van der Waals surface area (Å²) in [5.74, 6) is 0.494. The quantitative estimate of drug-likeness (QED) is 0.312. The van der Waals surface area contributed by atoms with Gasteiger partial charge in [0.25, 0.3) is 5.91 Å². The van der Waals surface area contributed by atoms with E-state index in [1.165, 1.54) is 0 Å². The molecule has 2 aromatic carbocycles. The van der Waals surface area contributed by atoms with E-state index in [0.717, 1.165) is 52.0 Å². The van der Waals surface area contributed by atoms with Crippen molar-refractivity contribution < 1.29 is 19.0 Å². The molecule has 5 rings (SSSR count). The summed E-state index contributed by atoms with van der Waals surface area (Å²) in [5.41, 5.74) is 5.25. The second-order valence-electron chi connectivity index (χ2n) is 9.86. The average Bonchev–Trinajstić information content (AvgIpc) is 3.37. The Bertz CT molecular complexity index is 1520. The van der Waals surface area contributed by atoms with E-state index < -0.39 is 0 Å². The highest BCUT2D eigenvalue weighted by Gasteiger charge is 2.22. The number of carbonyl (C=O) groups is 1. The molecular weight excluding hydrogens is 496 g/mol. The predicted octanol–water partition coefficient (Wildman–Crippen LogP) is 4.32. The Hall–Kier alpha value is -3.95. The van der Waals surface area contributed by atoms with Crippen LogP contribution in [0.4, 0.5) is 0 Å². The summed E-state index contributed by atoms with van der Waals surface area (Å²) >= 11 is 0. The number of carbonyl (C=O) groups excluding carboxylic acids is 1. The highest BCUT2D eigenvalue weighted by Crippen LogP contribution is 2.32. The van der Waals surface area contributed by atoms with Crippen molar-refractivity contribution in [3.8, 4) is 16.9 Å². The van der Waals surface area contributed by atoms with Gasteiger partial charge in [-0.05, 0) is 62.1 Å². The third-order valence-electron chi connectivity index (χ3n) is 7.15. The average molecular weight is 531 g/mol. The molecule has 39 heavy (non-hydrogen) atoms. The van der Waals surface area contributed by atoms with Crippen molar-refractivity contribution in [1.82, 2.24) is 20.1 Å². The number of H-pyrrole nitrogens is 1. The first-order valence-corrected chi connectivity index (χ1v) is 13.2. The number of aryl methyl sites for hydroxylation is 2. The van der Waals surface area contributed by atoms with Gasteiger partial charge in [-0.1, -0.05) is 12.1 Å². The lowest BCUT2D eigenvalue weighted by Gasteiger charge is -2.23. The third-order valence-corrected chi connectivity index (χ3v) is 7.15. The van der Waals surface area contributed by atoms with E-state index in [1.54, 1.807) is 19.4 Å². The highest BCUT2D eigenvalue weighted by molar-refractivity contribution is 6.08. The number of nitrogens with zero attached hydrogens (tertiary/aromatic N) is 2. The standard InChI is InChI=1S/C30H34N4O5/c1-19-14-29(35)26(20(2)33-19)17-31-30(36)25-15-22(21-4-6-24(7-5-21)39-13-12-37-3)16-28-27(25)18-32-34(28)23-8-10-38-11-9-23/h4-7,14-16,18,23H,8-13,17H2,1-3H3,(H,31,36)(H,33,35). The van der Waals surface area contributed by atoms with Crippen LogP contribution in [0.5, 0.6) is 5.75 Å². The minimum atomic E-state index is -0.257. The summed E-state index contributed by atoms with van der Waals surface area (Å²) in [4.78, 5) is 29.3. The summed E-state index contributed by atoms with van der Waals surface area (Å²) in [7, 11) is 1.64.